The average Bonchev–Trinajstić information content (AvgIpc) is 2.44. The van der Waals surface area contributed by atoms with Crippen LogP contribution in [0.15, 0.2) is 0 Å². The molecule has 0 saturated carbocycles. The molecule has 4 heteroatoms. The van der Waals surface area contributed by atoms with E-state index in [2.05, 4.69) is 10.2 Å². The summed E-state index contributed by atoms with van der Waals surface area (Å²) in [4.78, 5) is 12.8. The lowest BCUT2D eigenvalue weighted by atomic mass is 10.1. The zero-order chi connectivity index (χ0) is 7.14. The molecule has 2 aliphatic heterocycles. The van der Waals surface area contributed by atoms with Gasteiger partial charge in [-0.1, -0.05) is 0 Å². The fourth-order valence-corrected chi connectivity index (χ4v) is 1.77. The Hall–Kier alpha value is -0.610. The van der Waals surface area contributed by atoms with Crippen LogP contribution >= 0.6 is 0 Å². The van der Waals surface area contributed by atoms with Crippen LogP contribution in [-0.2, 0) is 4.79 Å². The molecule has 0 aromatic heterocycles. The summed E-state index contributed by atoms with van der Waals surface area (Å²) < 4.78 is 0. The first-order chi connectivity index (χ1) is 4.77. The van der Waals surface area contributed by atoms with E-state index in [0.717, 1.165) is 19.6 Å². The van der Waals surface area contributed by atoms with E-state index in [4.69, 9.17) is 5.73 Å². The molecule has 10 heavy (non-hydrogen) atoms. The van der Waals surface area contributed by atoms with E-state index in [-0.39, 0.29) is 11.9 Å². The van der Waals surface area contributed by atoms with Crippen molar-refractivity contribution in [3.8, 4) is 0 Å². The third-order valence-corrected chi connectivity index (χ3v) is 2.31. The van der Waals surface area contributed by atoms with E-state index < -0.39 is 0 Å². The predicted molar refractivity (Wildman–Crippen MR) is 36.1 cm³/mol. The van der Waals surface area contributed by atoms with E-state index >= 15 is 0 Å². The lowest BCUT2D eigenvalue weighted by Crippen LogP contribution is -2.45. The van der Waals surface area contributed by atoms with Gasteiger partial charge in [-0.05, 0) is 6.42 Å². The van der Waals surface area contributed by atoms with Crippen molar-refractivity contribution in [1.82, 2.24) is 10.2 Å². The monoisotopic (exact) mass is 141 g/mol. The Kier molecular flexibility index (Phi) is 1.18. The Morgan fingerprint density at radius 1 is 1.70 bits per heavy atom. The minimum atomic E-state index is -0.177. The second-order valence-corrected chi connectivity index (χ2v) is 2.98. The van der Waals surface area contributed by atoms with Gasteiger partial charge in [-0.3, -0.25) is 9.69 Å². The molecule has 0 radical (unpaired) electrons. The molecule has 3 unspecified atom stereocenters. The summed E-state index contributed by atoms with van der Waals surface area (Å²) in [6.07, 6.45) is 0.898. The van der Waals surface area contributed by atoms with Gasteiger partial charge in [-0.25, -0.2) is 0 Å². The first-order valence-corrected chi connectivity index (χ1v) is 3.54. The number of nitrogens with zero attached hydrogens (tertiary/aromatic N) is 1. The number of hydrogen-bond acceptors (Lipinski definition) is 3. The molecule has 3 atom stereocenters. The Labute approximate surface area is 59.4 Å². The maximum atomic E-state index is 10.7. The van der Waals surface area contributed by atoms with Crippen LogP contribution in [0, 0.1) is 0 Å². The first-order valence-electron chi connectivity index (χ1n) is 3.54. The van der Waals surface area contributed by atoms with Crippen LogP contribution in [0.25, 0.3) is 0 Å². The quantitative estimate of drug-likeness (QED) is 0.466. The molecular formula is C6H11N3O. The van der Waals surface area contributed by atoms with Gasteiger partial charge in [-0.15, -0.1) is 0 Å². The topological polar surface area (TPSA) is 58.4 Å². The van der Waals surface area contributed by atoms with Crippen molar-refractivity contribution in [3.05, 3.63) is 0 Å². The highest BCUT2D eigenvalue weighted by molar-refractivity contribution is 5.80. The molecular weight excluding hydrogens is 130 g/mol. The van der Waals surface area contributed by atoms with Crippen LogP contribution < -0.4 is 11.1 Å². The van der Waals surface area contributed by atoms with Crippen LogP contribution in [0.2, 0.25) is 0 Å². The van der Waals surface area contributed by atoms with E-state index in [0.29, 0.717) is 6.04 Å². The van der Waals surface area contributed by atoms with Gasteiger partial charge in [0.15, 0.2) is 0 Å². The zero-order valence-electron chi connectivity index (χ0n) is 5.71. The first kappa shape index (κ1) is 6.12. The molecule has 2 aliphatic rings. The summed E-state index contributed by atoms with van der Waals surface area (Å²) in [6.45, 7) is 1.83. The number of hydrogen-bond donors (Lipinski definition) is 2. The van der Waals surface area contributed by atoms with Crippen molar-refractivity contribution in [2.24, 2.45) is 5.73 Å². The predicted octanol–water partition coefficient (Wildman–Crippen LogP) is -1.52. The number of carbonyl (C=O) groups is 1. The van der Waals surface area contributed by atoms with Gasteiger partial charge in [0, 0.05) is 19.3 Å². The van der Waals surface area contributed by atoms with Gasteiger partial charge in [0.25, 0.3) is 0 Å². The average molecular weight is 141 g/mol. The number of primary amides is 1. The molecule has 1 amide bonds. The maximum absolute atomic E-state index is 10.7. The number of nitrogens with two attached hydrogens (primary N) is 1. The highest BCUT2D eigenvalue weighted by atomic mass is 16.1. The van der Waals surface area contributed by atoms with Gasteiger partial charge >= 0.3 is 0 Å². The number of rotatable bonds is 1. The van der Waals surface area contributed by atoms with Crippen molar-refractivity contribution < 1.29 is 4.79 Å². The maximum Gasteiger partial charge on any atom is 0.234 e. The van der Waals surface area contributed by atoms with E-state index in [9.17, 15) is 4.79 Å². The smallest absolute Gasteiger partial charge is 0.234 e. The Morgan fingerprint density at radius 2 is 2.50 bits per heavy atom. The normalized spacial score (nSPS) is 44.2. The van der Waals surface area contributed by atoms with Gasteiger partial charge in [-0.2, -0.15) is 0 Å². The van der Waals surface area contributed by atoms with Crippen molar-refractivity contribution in [2.75, 3.05) is 13.2 Å². The summed E-state index contributed by atoms with van der Waals surface area (Å²) in [5.74, 6) is -0.177. The molecule has 2 heterocycles. The molecule has 2 fully saturated rings. The van der Waals surface area contributed by atoms with Crippen molar-refractivity contribution >= 4 is 5.91 Å². The second-order valence-electron chi connectivity index (χ2n) is 2.98. The molecule has 0 spiro atoms. The van der Waals surface area contributed by atoms with Crippen LogP contribution in [0.3, 0.4) is 0 Å². The molecule has 2 saturated heterocycles. The van der Waals surface area contributed by atoms with Crippen molar-refractivity contribution in [3.63, 3.8) is 0 Å². The zero-order valence-corrected chi connectivity index (χ0v) is 5.71. The van der Waals surface area contributed by atoms with E-state index in [1.54, 1.807) is 0 Å². The van der Waals surface area contributed by atoms with Crippen LogP contribution in [-0.4, -0.2) is 36.1 Å². The number of amides is 1. The van der Waals surface area contributed by atoms with Crippen molar-refractivity contribution in [1.29, 1.82) is 0 Å². The lowest BCUT2D eigenvalue weighted by Gasteiger charge is -2.21. The van der Waals surface area contributed by atoms with Crippen LogP contribution in [0.1, 0.15) is 6.42 Å². The lowest BCUT2D eigenvalue weighted by molar-refractivity contribution is -0.122. The summed E-state index contributed by atoms with van der Waals surface area (Å²) in [5, 5.41) is 3.26. The number of fused-ring (bicyclic) bond motifs is 2. The van der Waals surface area contributed by atoms with Crippen LogP contribution in [0.4, 0.5) is 0 Å². The van der Waals surface area contributed by atoms with Gasteiger partial charge in [0.1, 0.15) is 0 Å². The molecule has 3 N–H and O–H groups in total. The second kappa shape index (κ2) is 1.93. The van der Waals surface area contributed by atoms with Crippen LogP contribution in [0.5, 0.6) is 0 Å². The largest absolute Gasteiger partial charge is 0.368 e. The van der Waals surface area contributed by atoms with Crippen molar-refractivity contribution in [2.45, 2.75) is 18.5 Å². The molecule has 4 nitrogen and oxygen atoms in total. The minimum Gasteiger partial charge on any atom is -0.368 e. The standard InChI is InChI=1S/C6H11N3O/c7-6(10)5-1-4-2-9(5)3-8-4/h4-5,8H,1-3H2,(H2,7,10). The SMILES string of the molecule is NC(=O)C1CC2CN1CN2. The highest BCUT2D eigenvalue weighted by Crippen LogP contribution is 2.21. The van der Waals surface area contributed by atoms with E-state index in [1.807, 2.05) is 0 Å². The molecule has 0 aliphatic carbocycles. The Morgan fingerprint density at radius 3 is 2.80 bits per heavy atom. The summed E-state index contributed by atoms with van der Waals surface area (Å²) in [7, 11) is 0. The molecule has 2 rings (SSSR count). The summed E-state index contributed by atoms with van der Waals surface area (Å²) >= 11 is 0. The fourth-order valence-electron chi connectivity index (χ4n) is 1.77. The molecule has 0 aromatic carbocycles. The third-order valence-electron chi connectivity index (χ3n) is 2.31. The van der Waals surface area contributed by atoms with Gasteiger partial charge < -0.3 is 11.1 Å². The molecule has 0 aromatic rings. The molecule has 56 valence electrons. The molecule has 2 bridgehead atoms. The van der Waals surface area contributed by atoms with Gasteiger partial charge in [0.05, 0.1) is 6.04 Å². The Bertz CT molecular complexity index is 170. The number of carbonyl (C=O) groups excluding carboxylic acids is 1. The Balaban J connectivity index is 2.08. The summed E-state index contributed by atoms with van der Waals surface area (Å²) in [5.41, 5.74) is 5.18. The van der Waals surface area contributed by atoms with E-state index in [1.165, 1.54) is 0 Å². The number of nitrogens with one attached hydrogen (secondary N) is 1. The summed E-state index contributed by atoms with van der Waals surface area (Å²) in [6, 6.07) is 0.517. The van der Waals surface area contributed by atoms with Gasteiger partial charge in [0.2, 0.25) is 5.91 Å². The fraction of sp³-hybridized carbons (Fsp3) is 0.833. The minimum absolute atomic E-state index is 0.00579. The highest BCUT2D eigenvalue weighted by Gasteiger charge is 2.39. The third kappa shape index (κ3) is 0.726.